The lowest BCUT2D eigenvalue weighted by Gasteiger charge is -2.05. The van der Waals surface area contributed by atoms with Crippen LogP contribution in [0, 0.1) is 5.82 Å². The van der Waals surface area contributed by atoms with Crippen molar-refractivity contribution >= 4 is 27.5 Å². The molecule has 0 unspecified atom stereocenters. The highest BCUT2D eigenvalue weighted by Gasteiger charge is 2.06. The largest absolute Gasteiger partial charge is 0.324 e. The fourth-order valence-corrected chi connectivity index (χ4v) is 1.49. The van der Waals surface area contributed by atoms with Crippen molar-refractivity contribution in [2.75, 3.05) is 5.32 Å². The number of hydrogen-bond acceptors (Lipinski definition) is 3. The Balaban J connectivity index is 2.00. The molecule has 0 fully saturated rings. The predicted octanol–water partition coefficient (Wildman–Crippen LogP) is 1.82. The Morgan fingerprint density at radius 1 is 1.53 bits per heavy atom. The van der Waals surface area contributed by atoms with Crippen LogP contribution in [-0.2, 0) is 11.3 Å². The van der Waals surface area contributed by atoms with Crippen molar-refractivity contribution in [2.24, 2.45) is 0 Å². The lowest BCUT2D eigenvalue weighted by molar-refractivity contribution is -0.116. The number of nitrogens with zero attached hydrogens (tertiary/aromatic N) is 3. The number of hydrogen-bond donors (Lipinski definition) is 1. The number of carbonyl (C=O) groups excluding carboxylic acids is 1. The van der Waals surface area contributed by atoms with E-state index in [2.05, 4.69) is 31.6 Å². The van der Waals surface area contributed by atoms with Gasteiger partial charge in [0, 0.05) is 11.9 Å². The molecule has 2 rings (SSSR count). The van der Waals surface area contributed by atoms with Crippen LogP contribution in [0.2, 0.25) is 0 Å². The molecule has 0 radical (unpaired) electrons. The van der Waals surface area contributed by atoms with Crippen LogP contribution in [0.5, 0.6) is 0 Å². The lowest BCUT2D eigenvalue weighted by Crippen LogP contribution is -2.19. The third-order valence-corrected chi connectivity index (χ3v) is 2.62. The zero-order valence-corrected chi connectivity index (χ0v) is 10.2. The Kier molecular flexibility index (Phi) is 3.48. The van der Waals surface area contributed by atoms with Crippen LogP contribution in [0.4, 0.5) is 10.1 Å². The van der Waals surface area contributed by atoms with Gasteiger partial charge in [0.2, 0.25) is 5.91 Å². The maximum Gasteiger partial charge on any atom is 0.246 e. The molecule has 17 heavy (non-hydrogen) atoms. The number of rotatable bonds is 3. The molecule has 2 aromatic rings. The van der Waals surface area contributed by atoms with Crippen LogP contribution in [0.3, 0.4) is 0 Å². The average Bonchev–Trinajstić information content (AvgIpc) is 2.76. The van der Waals surface area contributed by atoms with E-state index in [0.717, 1.165) is 0 Å². The van der Waals surface area contributed by atoms with Crippen LogP contribution in [0.25, 0.3) is 0 Å². The SMILES string of the molecule is O=C(Cn1ccnn1)Nc1ccc(Br)c(F)c1. The number of amides is 1. The zero-order valence-electron chi connectivity index (χ0n) is 8.60. The van der Waals surface area contributed by atoms with Crippen LogP contribution in [0.15, 0.2) is 35.1 Å². The van der Waals surface area contributed by atoms with Gasteiger partial charge >= 0.3 is 0 Å². The molecule has 0 atom stereocenters. The summed E-state index contributed by atoms with van der Waals surface area (Å²) >= 11 is 3.03. The highest BCUT2D eigenvalue weighted by Crippen LogP contribution is 2.19. The molecule has 0 aliphatic carbocycles. The molecular weight excluding hydrogens is 291 g/mol. The van der Waals surface area contributed by atoms with Crippen molar-refractivity contribution < 1.29 is 9.18 Å². The summed E-state index contributed by atoms with van der Waals surface area (Å²) in [5, 5.41) is 9.79. The Morgan fingerprint density at radius 3 is 3.00 bits per heavy atom. The smallest absolute Gasteiger partial charge is 0.246 e. The van der Waals surface area contributed by atoms with Gasteiger partial charge in [-0.1, -0.05) is 5.21 Å². The standard InChI is InChI=1S/C10H8BrFN4O/c11-8-2-1-7(5-9(8)12)14-10(17)6-16-4-3-13-15-16/h1-5H,6H2,(H,14,17). The summed E-state index contributed by atoms with van der Waals surface area (Å²) in [4.78, 5) is 11.5. The predicted molar refractivity (Wildman–Crippen MR) is 62.8 cm³/mol. The van der Waals surface area contributed by atoms with Gasteiger partial charge in [0.15, 0.2) is 0 Å². The monoisotopic (exact) mass is 298 g/mol. The molecule has 1 aromatic carbocycles. The van der Waals surface area contributed by atoms with Crippen LogP contribution < -0.4 is 5.32 Å². The normalized spacial score (nSPS) is 10.2. The van der Waals surface area contributed by atoms with Crippen LogP contribution in [-0.4, -0.2) is 20.9 Å². The highest BCUT2D eigenvalue weighted by atomic mass is 79.9. The molecule has 0 aliphatic rings. The first-order valence-corrected chi connectivity index (χ1v) is 5.53. The summed E-state index contributed by atoms with van der Waals surface area (Å²) in [5.41, 5.74) is 0.399. The van der Waals surface area contributed by atoms with E-state index in [9.17, 15) is 9.18 Å². The molecule has 1 amide bonds. The maximum absolute atomic E-state index is 13.2. The number of anilines is 1. The van der Waals surface area contributed by atoms with Crippen molar-refractivity contribution in [3.05, 3.63) is 40.9 Å². The van der Waals surface area contributed by atoms with Crippen molar-refractivity contribution in [1.82, 2.24) is 15.0 Å². The quantitative estimate of drug-likeness (QED) is 0.940. The first-order valence-electron chi connectivity index (χ1n) is 4.74. The van der Waals surface area contributed by atoms with Crippen LogP contribution >= 0.6 is 15.9 Å². The lowest BCUT2D eigenvalue weighted by atomic mass is 10.3. The van der Waals surface area contributed by atoms with E-state index >= 15 is 0 Å². The van der Waals surface area contributed by atoms with Gasteiger partial charge in [-0.25, -0.2) is 9.07 Å². The third kappa shape index (κ3) is 3.10. The van der Waals surface area contributed by atoms with E-state index in [0.29, 0.717) is 10.2 Å². The zero-order chi connectivity index (χ0) is 12.3. The molecular formula is C10H8BrFN4O. The first kappa shape index (κ1) is 11.7. The van der Waals surface area contributed by atoms with Gasteiger partial charge in [0.1, 0.15) is 12.4 Å². The van der Waals surface area contributed by atoms with Gasteiger partial charge in [-0.05, 0) is 34.1 Å². The second-order valence-electron chi connectivity index (χ2n) is 3.28. The summed E-state index contributed by atoms with van der Waals surface area (Å²) in [5.74, 6) is -0.722. The number of halogens is 2. The van der Waals surface area contributed by atoms with Gasteiger partial charge in [-0.2, -0.15) is 0 Å². The van der Waals surface area contributed by atoms with Crippen molar-refractivity contribution in [3.8, 4) is 0 Å². The van der Waals surface area contributed by atoms with Gasteiger partial charge in [0.25, 0.3) is 0 Å². The molecule has 0 aliphatic heterocycles. The van der Waals surface area contributed by atoms with Gasteiger partial charge in [0.05, 0.1) is 10.7 Å². The minimum atomic E-state index is -0.427. The molecule has 7 heteroatoms. The molecule has 0 spiro atoms. The van der Waals surface area contributed by atoms with Gasteiger partial charge in [-0.15, -0.1) is 5.10 Å². The fraction of sp³-hybridized carbons (Fsp3) is 0.100. The third-order valence-electron chi connectivity index (χ3n) is 1.98. The van der Waals surface area contributed by atoms with Gasteiger partial charge < -0.3 is 5.32 Å². The molecule has 5 nitrogen and oxygen atoms in total. The van der Waals surface area contributed by atoms with E-state index in [1.54, 1.807) is 12.3 Å². The summed E-state index contributed by atoms with van der Waals surface area (Å²) in [7, 11) is 0. The first-order chi connectivity index (χ1) is 8.15. The molecule has 0 saturated carbocycles. The molecule has 1 aromatic heterocycles. The van der Waals surface area contributed by atoms with E-state index < -0.39 is 5.82 Å². The van der Waals surface area contributed by atoms with E-state index in [4.69, 9.17) is 0 Å². The summed E-state index contributed by atoms with van der Waals surface area (Å²) in [6.45, 7) is 0.0394. The minimum Gasteiger partial charge on any atom is -0.324 e. The second kappa shape index (κ2) is 5.05. The summed E-state index contributed by atoms with van der Waals surface area (Å²) in [6, 6.07) is 4.37. The number of benzene rings is 1. The molecule has 1 N–H and O–H groups in total. The second-order valence-corrected chi connectivity index (χ2v) is 4.13. The number of aromatic nitrogens is 3. The molecule has 88 valence electrons. The van der Waals surface area contributed by atoms with Crippen molar-refractivity contribution in [3.63, 3.8) is 0 Å². The fourth-order valence-electron chi connectivity index (χ4n) is 1.24. The van der Waals surface area contributed by atoms with Gasteiger partial charge in [-0.3, -0.25) is 4.79 Å². The molecule has 1 heterocycles. The van der Waals surface area contributed by atoms with E-state index in [1.165, 1.54) is 23.0 Å². The maximum atomic E-state index is 13.2. The number of carbonyl (C=O) groups is 1. The Hall–Kier alpha value is -1.76. The van der Waals surface area contributed by atoms with Crippen LogP contribution in [0.1, 0.15) is 0 Å². The highest BCUT2D eigenvalue weighted by molar-refractivity contribution is 9.10. The molecule has 0 bridgehead atoms. The Bertz CT molecular complexity index is 529. The van der Waals surface area contributed by atoms with E-state index in [-0.39, 0.29) is 12.5 Å². The van der Waals surface area contributed by atoms with Crippen molar-refractivity contribution in [1.29, 1.82) is 0 Å². The summed E-state index contributed by atoms with van der Waals surface area (Å²) in [6.07, 6.45) is 3.05. The topological polar surface area (TPSA) is 59.8 Å². The average molecular weight is 299 g/mol. The van der Waals surface area contributed by atoms with Crippen molar-refractivity contribution in [2.45, 2.75) is 6.54 Å². The Labute approximate surface area is 105 Å². The molecule has 0 saturated heterocycles. The summed E-state index contributed by atoms with van der Waals surface area (Å²) < 4.78 is 14.9. The minimum absolute atomic E-state index is 0.0394. The Morgan fingerprint density at radius 2 is 2.35 bits per heavy atom. The van der Waals surface area contributed by atoms with E-state index in [1.807, 2.05) is 0 Å². The number of nitrogens with one attached hydrogen (secondary N) is 1.